The van der Waals surface area contributed by atoms with Crippen molar-refractivity contribution in [2.45, 2.75) is 37.9 Å². The van der Waals surface area contributed by atoms with Gasteiger partial charge in [0.25, 0.3) is 11.8 Å². The fourth-order valence-electron chi connectivity index (χ4n) is 3.83. The lowest BCUT2D eigenvalue weighted by molar-refractivity contribution is -0.139. The predicted molar refractivity (Wildman–Crippen MR) is 114 cm³/mol. The minimum Gasteiger partial charge on any atom is -0.497 e. The number of nitrogens with zero attached hydrogens (tertiary/aromatic N) is 2. The van der Waals surface area contributed by atoms with Gasteiger partial charge in [-0.05, 0) is 43.5 Å². The molecule has 0 aromatic heterocycles. The van der Waals surface area contributed by atoms with Crippen LogP contribution in [0, 0.1) is 11.6 Å². The Labute approximate surface area is 189 Å². The van der Waals surface area contributed by atoms with Crippen LogP contribution in [0.1, 0.15) is 30.9 Å². The number of imide groups is 1. The summed E-state index contributed by atoms with van der Waals surface area (Å²) in [5, 5.41) is 3.28. The van der Waals surface area contributed by atoms with Gasteiger partial charge in [0.15, 0.2) is 0 Å². The molecule has 0 bridgehead atoms. The van der Waals surface area contributed by atoms with Crippen molar-refractivity contribution >= 4 is 17.8 Å². The van der Waals surface area contributed by atoms with E-state index in [0.717, 1.165) is 25.0 Å². The molecule has 2 N–H and O–H groups in total. The van der Waals surface area contributed by atoms with Crippen molar-refractivity contribution in [2.75, 3.05) is 13.7 Å². The molecule has 174 valence electrons. The molecule has 4 amide bonds. The molecule has 1 saturated carbocycles. The number of urea groups is 1. The molecule has 33 heavy (non-hydrogen) atoms. The zero-order valence-corrected chi connectivity index (χ0v) is 18.2. The number of halogens is 2. The first-order valence-corrected chi connectivity index (χ1v) is 10.5. The van der Waals surface area contributed by atoms with Crippen molar-refractivity contribution in [1.82, 2.24) is 20.7 Å². The van der Waals surface area contributed by atoms with E-state index < -0.39 is 35.0 Å². The van der Waals surface area contributed by atoms with Crippen LogP contribution in [-0.2, 0) is 21.7 Å². The molecule has 0 radical (unpaired) electrons. The number of benzene rings is 2. The average molecular weight is 458 g/mol. The van der Waals surface area contributed by atoms with Gasteiger partial charge in [-0.3, -0.25) is 19.9 Å². The molecule has 1 saturated heterocycles. The maximum Gasteiger partial charge on any atom is 0.344 e. The molecule has 8 nitrogen and oxygen atoms in total. The molecule has 1 unspecified atom stereocenters. The second-order valence-corrected chi connectivity index (χ2v) is 8.33. The average Bonchev–Trinajstić information content (AvgIpc) is 3.60. The van der Waals surface area contributed by atoms with Gasteiger partial charge < -0.3 is 10.1 Å². The Bertz CT molecular complexity index is 1090. The van der Waals surface area contributed by atoms with Gasteiger partial charge in [0.2, 0.25) is 0 Å². The first-order chi connectivity index (χ1) is 15.7. The maximum absolute atomic E-state index is 14.1. The number of amides is 4. The van der Waals surface area contributed by atoms with Crippen molar-refractivity contribution in [1.29, 1.82) is 0 Å². The fraction of sp³-hybridized carbons (Fsp3) is 0.348. The summed E-state index contributed by atoms with van der Waals surface area (Å²) in [6, 6.07) is 9.29. The summed E-state index contributed by atoms with van der Waals surface area (Å²) in [5.74, 6) is -1.99. The Kier molecular flexibility index (Phi) is 6.03. The molecular weight excluding hydrogens is 434 g/mol. The maximum atomic E-state index is 14.1. The van der Waals surface area contributed by atoms with E-state index >= 15 is 0 Å². The number of ether oxygens (including phenoxy) is 1. The number of methoxy groups -OCH3 is 1. The van der Waals surface area contributed by atoms with Gasteiger partial charge in [-0.15, -0.1) is 0 Å². The first kappa shape index (κ1) is 22.7. The van der Waals surface area contributed by atoms with Crippen LogP contribution >= 0.6 is 0 Å². The monoisotopic (exact) mass is 458 g/mol. The highest BCUT2D eigenvalue weighted by atomic mass is 19.1. The molecule has 1 aliphatic carbocycles. The lowest BCUT2D eigenvalue weighted by Crippen LogP contribution is -2.51. The fourth-order valence-corrected chi connectivity index (χ4v) is 3.83. The number of nitrogens with one attached hydrogen (secondary N) is 2. The van der Waals surface area contributed by atoms with Crippen LogP contribution < -0.4 is 15.5 Å². The van der Waals surface area contributed by atoms with Crippen LogP contribution in [0.2, 0.25) is 0 Å². The van der Waals surface area contributed by atoms with Crippen LogP contribution in [0.3, 0.4) is 0 Å². The summed E-state index contributed by atoms with van der Waals surface area (Å²) in [6.45, 7) is 1.50. The Morgan fingerprint density at radius 1 is 1.21 bits per heavy atom. The smallest absolute Gasteiger partial charge is 0.344 e. The molecule has 10 heteroatoms. The molecule has 2 aromatic carbocycles. The van der Waals surface area contributed by atoms with E-state index in [1.807, 2.05) is 0 Å². The topological polar surface area (TPSA) is 91.0 Å². The minimum atomic E-state index is -1.36. The van der Waals surface area contributed by atoms with E-state index in [2.05, 4.69) is 10.7 Å². The van der Waals surface area contributed by atoms with Gasteiger partial charge in [-0.25, -0.2) is 13.6 Å². The normalized spacial score (nSPS) is 20.2. The summed E-state index contributed by atoms with van der Waals surface area (Å²) in [7, 11) is 1.52. The molecule has 1 aliphatic heterocycles. The molecular formula is C23H24F2N4O4. The van der Waals surface area contributed by atoms with Gasteiger partial charge in [-0.1, -0.05) is 18.2 Å². The number of hydrogen-bond donors (Lipinski definition) is 2. The van der Waals surface area contributed by atoms with Gasteiger partial charge in [0.1, 0.15) is 22.9 Å². The van der Waals surface area contributed by atoms with Crippen molar-refractivity contribution in [3.05, 3.63) is 65.2 Å². The largest absolute Gasteiger partial charge is 0.497 e. The number of carbonyl (C=O) groups is 3. The Hall–Kier alpha value is -3.53. The van der Waals surface area contributed by atoms with Gasteiger partial charge in [0.05, 0.1) is 13.7 Å². The summed E-state index contributed by atoms with van der Waals surface area (Å²) in [6.07, 6.45) is 1.68. The van der Waals surface area contributed by atoms with Crippen molar-refractivity contribution in [3.8, 4) is 5.75 Å². The van der Waals surface area contributed by atoms with Crippen molar-refractivity contribution in [2.24, 2.45) is 0 Å². The quantitative estimate of drug-likeness (QED) is 0.593. The zero-order chi connectivity index (χ0) is 23.8. The van der Waals surface area contributed by atoms with Crippen LogP contribution in [0.5, 0.6) is 5.75 Å². The van der Waals surface area contributed by atoms with E-state index in [9.17, 15) is 23.2 Å². The van der Waals surface area contributed by atoms with Gasteiger partial charge >= 0.3 is 6.03 Å². The Morgan fingerprint density at radius 3 is 2.52 bits per heavy atom. The summed E-state index contributed by atoms with van der Waals surface area (Å²) < 4.78 is 32.4. The molecule has 1 heterocycles. The van der Waals surface area contributed by atoms with E-state index in [1.165, 1.54) is 13.2 Å². The van der Waals surface area contributed by atoms with Crippen LogP contribution in [0.15, 0.2) is 42.5 Å². The molecule has 4 rings (SSSR count). The van der Waals surface area contributed by atoms with E-state index in [4.69, 9.17) is 4.74 Å². The number of rotatable bonds is 8. The van der Waals surface area contributed by atoms with E-state index in [-0.39, 0.29) is 24.7 Å². The molecule has 2 aliphatic rings. The van der Waals surface area contributed by atoms with Gasteiger partial charge in [0, 0.05) is 24.2 Å². The van der Waals surface area contributed by atoms with Crippen LogP contribution in [0.25, 0.3) is 0 Å². The number of hydrazine groups is 1. The summed E-state index contributed by atoms with van der Waals surface area (Å²) in [5.41, 5.74) is 1.80. The number of carbonyl (C=O) groups excluding carboxylic acids is 3. The second kappa shape index (κ2) is 8.78. The number of hydrogen-bond acceptors (Lipinski definition) is 5. The molecule has 0 spiro atoms. The first-order valence-electron chi connectivity index (χ1n) is 10.5. The standard InChI is InChI=1S/C23H24F2N4O4/c1-23(15-4-9-18(33-2)10-5-15)21(31)29(22(32)26-23)27-20(30)13-28(17-7-8-17)12-14-3-6-16(24)11-19(14)25/h3-6,9-11,17H,7-8,12-13H2,1-2H3,(H,26,32)(H,27,30). The third kappa shape index (κ3) is 4.65. The van der Waals surface area contributed by atoms with Gasteiger partial charge in [-0.2, -0.15) is 5.01 Å². The second-order valence-electron chi connectivity index (χ2n) is 8.33. The molecule has 1 atom stereocenters. The summed E-state index contributed by atoms with van der Waals surface area (Å²) >= 11 is 0. The highest BCUT2D eigenvalue weighted by Gasteiger charge is 2.50. The molecule has 2 aromatic rings. The lowest BCUT2D eigenvalue weighted by atomic mass is 9.92. The van der Waals surface area contributed by atoms with Crippen LogP contribution in [0.4, 0.5) is 13.6 Å². The zero-order valence-electron chi connectivity index (χ0n) is 18.2. The predicted octanol–water partition coefficient (Wildman–Crippen LogP) is 2.44. The minimum absolute atomic E-state index is 0.0767. The Balaban J connectivity index is 1.43. The molecule has 2 fully saturated rings. The lowest BCUT2D eigenvalue weighted by Gasteiger charge is -2.24. The summed E-state index contributed by atoms with van der Waals surface area (Å²) in [4.78, 5) is 40.0. The van der Waals surface area contributed by atoms with E-state index in [1.54, 1.807) is 36.1 Å². The third-order valence-corrected chi connectivity index (χ3v) is 5.89. The SMILES string of the molecule is COc1ccc(C2(C)NC(=O)N(NC(=O)CN(Cc3ccc(F)cc3F)C3CC3)C2=O)cc1. The highest BCUT2D eigenvalue weighted by Crippen LogP contribution is 2.30. The van der Waals surface area contributed by atoms with Crippen molar-refractivity contribution < 1.29 is 27.9 Å². The van der Waals surface area contributed by atoms with Crippen molar-refractivity contribution in [3.63, 3.8) is 0 Å². The van der Waals surface area contributed by atoms with Crippen LogP contribution in [-0.4, -0.2) is 47.5 Å². The highest BCUT2D eigenvalue weighted by molar-refractivity contribution is 6.08. The Morgan fingerprint density at radius 2 is 1.91 bits per heavy atom. The van der Waals surface area contributed by atoms with E-state index in [0.29, 0.717) is 16.3 Å². The third-order valence-electron chi connectivity index (χ3n) is 5.89.